The first-order valence-electron chi connectivity index (χ1n) is 5.81. The molecular formula is C14H14ClFN2O. The van der Waals surface area contributed by atoms with Crippen LogP contribution in [0.15, 0.2) is 36.5 Å². The molecule has 1 aromatic heterocycles. The smallest absolute Gasteiger partial charge is 0.213 e. The number of anilines is 1. The number of halogens is 2. The molecule has 0 fully saturated rings. The number of ether oxygens (including phenoxy) is 1. The van der Waals surface area contributed by atoms with Crippen LogP contribution in [0.4, 0.5) is 10.1 Å². The molecule has 2 aromatic rings. The Hall–Kier alpha value is -1.81. The summed E-state index contributed by atoms with van der Waals surface area (Å²) < 4.78 is 18.1. The molecule has 19 heavy (non-hydrogen) atoms. The van der Waals surface area contributed by atoms with Gasteiger partial charge in [-0.3, -0.25) is 0 Å². The van der Waals surface area contributed by atoms with E-state index < -0.39 is 5.82 Å². The minimum atomic E-state index is -0.413. The van der Waals surface area contributed by atoms with Crippen molar-refractivity contribution in [3.8, 4) is 5.88 Å². The number of nitrogens with zero attached hydrogens (tertiary/aromatic N) is 1. The van der Waals surface area contributed by atoms with Gasteiger partial charge in [-0.05, 0) is 30.7 Å². The summed E-state index contributed by atoms with van der Waals surface area (Å²) in [5.74, 6) is 0.145. The molecule has 0 aliphatic heterocycles. The Labute approximate surface area is 116 Å². The molecule has 1 N–H and O–H groups in total. The molecule has 0 aliphatic rings. The standard InChI is InChI=1S/C14H14ClFN2O/c1-9(10-3-5-13(16)12(15)7-10)18-11-4-6-14(19-2)17-8-11/h3-9,18H,1-2H3. The van der Waals surface area contributed by atoms with E-state index in [9.17, 15) is 4.39 Å². The van der Waals surface area contributed by atoms with Crippen LogP contribution in [0.5, 0.6) is 5.88 Å². The highest BCUT2D eigenvalue weighted by Gasteiger charge is 2.08. The summed E-state index contributed by atoms with van der Waals surface area (Å²) in [5, 5.41) is 3.38. The van der Waals surface area contributed by atoms with E-state index >= 15 is 0 Å². The van der Waals surface area contributed by atoms with E-state index in [1.54, 1.807) is 31.5 Å². The average Bonchev–Trinajstić information content (AvgIpc) is 2.42. The first kappa shape index (κ1) is 13.6. The van der Waals surface area contributed by atoms with Gasteiger partial charge in [0.2, 0.25) is 5.88 Å². The molecule has 3 nitrogen and oxygen atoms in total. The summed E-state index contributed by atoms with van der Waals surface area (Å²) >= 11 is 5.77. The Kier molecular flexibility index (Phi) is 4.22. The molecule has 0 saturated carbocycles. The number of nitrogens with one attached hydrogen (secondary N) is 1. The van der Waals surface area contributed by atoms with Crippen molar-refractivity contribution >= 4 is 17.3 Å². The van der Waals surface area contributed by atoms with Crippen LogP contribution in [0, 0.1) is 5.82 Å². The Bertz CT molecular complexity index is 560. The van der Waals surface area contributed by atoms with Crippen LogP contribution in [-0.4, -0.2) is 12.1 Å². The Morgan fingerprint density at radius 2 is 2.11 bits per heavy atom. The van der Waals surface area contributed by atoms with E-state index in [1.165, 1.54) is 6.07 Å². The van der Waals surface area contributed by atoms with E-state index in [-0.39, 0.29) is 11.1 Å². The van der Waals surface area contributed by atoms with Crippen LogP contribution in [-0.2, 0) is 0 Å². The maximum absolute atomic E-state index is 13.1. The topological polar surface area (TPSA) is 34.1 Å². The van der Waals surface area contributed by atoms with E-state index in [2.05, 4.69) is 10.3 Å². The minimum absolute atomic E-state index is 0.00621. The molecule has 0 bridgehead atoms. The molecule has 0 aliphatic carbocycles. The van der Waals surface area contributed by atoms with E-state index in [1.807, 2.05) is 13.0 Å². The molecule has 0 amide bonds. The van der Waals surface area contributed by atoms with Crippen molar-refractivity contribution in [3.05, 3.63) is 52.9 Å². The SMILES string of the molecule is COc1ccc(NC(C)c2ccc(F)c(Cl)c2)cn1. The molecule has 1 aromatic carbocycles. The van der Waals surface area contributed by atoms with Crippen LogP contribution in [0.2, 0.25) is 5.02 Å². The van der Waals surface area contributed by atoms with Crippen molar-refractivity contribution in [2.45, 2.75) is 13.0 Å². The van der Waals surface area contributed by atoms with Gasteiger partial charge in [-0.2, -0.15) is 0 Å². The van der Waals surface area contributed by atoms with Gasteiger partial charge in [-0.15, -0.1) is 0 Å². The second-order valence-corrected chi connectivity index (χ2v) is 4.54. The minimum Gasteiger partial charge on any atom is -0.481 e. The monoisotopic (exact) mass is 280 g/mol. The van der Waals surface area contributed by atoms with Crippen LogP contribution >= 0.6 is 11.6 Å². The molecule has 100 valence electrons. The van der Waals surface area contributed by atoms with Gasteiger partial charge in [0.05, 0.1) is 24.0 Å². The Morgan fingerprint density at radius 3 is 2.68 bits per heavy atom. The zero-order valence-electron chi connectivity index (χ0n) is 10.7. The van der Waals surface area contributed by atoms with Gasteiger partial charge in [0.1, 0.15) is 5.82 Å². The molecule has 1 atom stereocenters. The highest BCUT2D eigenvalue weighted by atomic mass is 35.5. The maximum atomic E-state index is 13.1. The number of benzene rings is 1. The molecule has 0 spiro atoms. The van der Waals surface area contributed by atoms with Crippen molar-refractivity contribution in [2.24, 2.45) is 0 Å². The molecule has 1 unspecified atom stereocenters. The van der Waals surface area contributed by atoms with Gasteiger partial charge in [0.25, 0.3) is 0 Å². The van der Waals surface area contributed by atoms with E-state index in [4.69, 9.17) is 16.3 Å². The summed E-state index contributed by atoms with van der Waals surface area (Å²) in [6.07, 6.45) is 1.68. The van der Waals surface area contributed by atoms with Crippen LogP contribution in [0.25, 0.3) is 0 Å². The molecule has 1 heterocycles. The Balaban J connectivity index is 2.10. The van der Waals surface area contributed by atoms with E-state index in [0.29, 0.717) is 5.88 Å². The lowest BCUT2D eigenvalue weighted by atomic mass is 10.1. The first-order valence-corrected chi connectivity index (χ1v) is 6.19. The molecule has 5 heteroatoms. The number of rotatable bonds is 4. The second-order valence-electron chi connectivity index (χ2n) is 4.13. The first-order chi connectivity index (χ1) is 9.10. The summed E-state index contributed by atoms with van der Waals surface area (Å²) in [6, 6.07) is 8.32. The van der Waals surface area contributed by atoms with Gasteiger partial charge in [0.15, 0.2) is 0 Å². The zero-order valence-corrected chi connectivity index (χ0v) is 11.4. The number of hydrogen-bond acceptors (Lipinski definition) is 3. The van der Waals surface area contributed by atoms with Gasteiger partial charge in [0, 0.05) is 12.1 Å². The van der Waals surface area contributed by atoms with Gasteiger partial charge in [-0.1, -0.05) is 17.7 Å². The molecule has 0 radical (unpaired) electrons. The largest absolute Gasteiger partial charge is 0.481 e. The predicted molar refractivity (Wildman–Crippen MR) is 74.2 cm³/mol. The van der Waals surface area contributed by atoms with Crippen molar-refractivity contribution in [3.63, 3.8) is 0 Å². The maximum Gasteiger partial charge on any atom is 0.213 e. The zero-order chi connectivity index (χ0) is 13.8. The van der Waals surface area contributed by atoms with Gasteiger partial charge < -0.3 is 10.1 Å². The van der Waals surface area contributed by atoms with Gasteiger partial charge >= 0.3 is 0 Å². The third-order valence-corrected chi connectivity index (χ3v) is 3.06. The summed E-state index contributed by atoms with van der Waals surface area (Å²) in [6.45, 7) is 1.97. The number of pyridine rings is 1. The lowest BCUT2D eigenvalue weighted by Crippen LogP contribution is -2.07. The fourth-order valence-electron chi connectivity index (χ4n) is 1.70. The molecular weight excluding hydrogens is 267 g/mol. The summed E-state index contributed by atoms with van der Waals surface area (Å²) in [7, 11) is 1.57. The lowest BCUT2D eigenvalue weighted by Gasteiger charge is -2.16. The Morgan fingerprint density at radius 1 is 1.32 bits per heavy atom. The molecule has 0 saturated heterocycles. The average molecular weight is 281 g/mol. The van der Waals surface area contributed by atoms with E-state index in [0.717, 1.165) is 11.3 Å². The second kappa shape index (κ2) is 5.89. The number of aromatic nitrogens is 1. The predicted octanol–water partition coefficient (Wildman–Crippen LogP) is 4.06. The summed E-state index contributed by atoms with van der Waals surface area (Å²) in [4.78, 5) is 4.10. The van der Waals surface area contributed by atoms with Crippen LogP contribution in [0.3, 0.4) is 0 Å². The quantitative estimate of drug-likeness (QED) is 0.917. The fourth-order valence-corrected chi connectivity index (χ4v) is 1.89. The fraction of sp³-hybridized carbons (Fsp3) is 0.214. The van der Waals surface area contributed by atoms with Crippen molar-refractivity contribution in [1.82, 2.24) is 4.98 Å². The van der Waals surface area contributed by atoms with Crippen molar-refractivity contribution in [1.29, 1.82) is 0 Å². The highest BCUT2D eigenvalue weighted by molar-refractivity contribution is 6.30. The summed E-state index contributed by atoms with van der Waals surface area (Å²) in [5.41, 5.74) is 1.76. The normalized spacial score (nSPS) is 12.0. The number of methoxy groups -OCH3 is 1. The lowest BCUT2D eigenvalue weighted by molar-refractivity contribution is 0.398. The van der Waals surface area contributed by atoms with Gasteiger partial charge in [-0.25, -0.2) is 9.37 Å². The number of hydrogen-bond donors (Lipinski definition) is 1. The van der Waals surface area contributed by atoms with Crippen LogP contribution in [0.1, 0.15) is 18.5 Å². The third kappa shape index (κ3) is 3.35. The van der Waals surface area contributed by atoms with Crippen LogP contribution < -0.4 is 10.1 Å². The molecule has 2 rings (SSSR count). The highest BCUT2D eigenvalue weighted by Crippen LogP contribution is 2.24. The van der Waals surface area contributed by atoms with Crippen molar-refractivity contribution < 1.29 is 9.13 Å². The third-order valence-electron chi connectivity index (χ3n) is 2.77. The van der Waals surface area contributed by atoms with Crippen molar-refractivity contribution in [2.75, 3.05) is 12.4 Å².